The van der Waals surface area contributed by atoms with Gasteiger partial charge in [0.1, 0.15) is 12.4 Å². The van der Waals surface area contributed by atoms with Crippen molar-refractivity contribution in [3.8, 4) is 0 Å². The Morgan fingerprint density at radius 1 is 0.971 bits per heavy atom. The van der Waals surface area contributed by atoms with E-state index in [1.54, 1.807) is 17.0 Å². The van der Waals surface area contributed by atoms with Crippen LogP contribution < -0.4 is 34.6 Å². The maximum atomic E-state index is 13.9. The number of carbonyl (C=O) groups excluding carboxylic acids is 1. The number of likely N-dealkylation sites (N-methyl/N-ethyl adjacent to an activating group) is 1. The van der Waals surface area contributed by atoms with Crippen molar-refractivity contribution in [2.24, 2.45) is 5.73 Å². The Hall–Kier alpha value is -2.16. The Labute approximate surface area is 224 Å². The van der Waals surface area contributed by atoms with Crippen LogP contribution in [0.3, 0.4) is 0 Å². The summed E-state index contributed by atoms with van der Waals surface area (Å²) in [5, 5.41) is 0.724. The number of primary amides is 1. The molecule has 0 aromatic heterocycles. The molecule has 0 bridgehead atoms. The summed E-state index contributed by atoms with van der Waals surface area (Å²) in [7, 11) is 0. The molecule has 0 fully saturated rings. The molecule has 2 amide bonds. The summed E-state index contributed by atoms with van der Waals surface area (Å²) < 4.78 is 14.7. The lowest BCUT2D eigenvalue weighted by Gasteiger charge is -2.39. The third kappa shape index (κ3) is 8.25. The number of para-hydroxylation sites is 1. The van der Waals surface area contributed by atoms with Gasteiger partial charge in [-0.25, -0.2) is 9.18 Å². The number of nitrogens with zero attached hydrogens (tertiary/aromatic N) is 2. The lowest BCUT2D eigenvalue weighted by Crippen LogP contribution is -3.00. The van der Waals surface area contributed by atoms with E-state index in [4.69, 9.17) is 17.3 Å². The average molecular weight is 596 g/mol. The van der Waals surface area contributed by atoms with Crippen molar-refractivity contribution in [1.29, 1.82) is 0 Å². The number of halogens is 3. The SMILES string of the molecule is CC[N+](CCCN(C(N)=O)c1ccccc1)(CCc1ccc(Cl)cc1)Cc1cccc(F)c1.[I-]. The van der Waals surface area contributed by atoms with Crippen LogP contribution in [0.15, 0.2) is 78.9 Å². The van der Waals surface area contributed by atoms with Gasteiger partial charge in [0.05, 0.1) is 19.6 Å². The minimum atomic E-state index is -0.456. The van der Waals surface area contributed by atoms with Crippen LogP contribution in [0.2, 0.25) is 5.02 Å². The number of anilines is 1. The first-order valence-corrected chi connectivity index (χ1v) is 11.7. The number of amides is 2. The monoisotopic (exact) mass is 595 g/mol. The van der Waals surface area contributed by atoms with E-state index in [-0.39, 0.29) is 29.8 Å². The molecule has 3 aromatic carbocycles. The first-order chi connectivity index (χ1) is 15.9. The van der Waals surface area contributed by atoms with E-state index in [1.165, 1.54) is 11.6 Å². The summed E-state index contributed by atoms with van der Waals surface area (Å²) in [6, 6.07) is 23.8. The molecule has 0 aliphatic heterocycles. The zero-order valence-corrected chi connectivity index (χ0v) is 22.4. The highest BCUT2D eigenvalue weighted by atomic mass is 127. The van der Waals surface area contributed by atoms with Crippen LogP contribution >= 0.6 is 11.6 Å². The van der Waals surface area contributed by atoms with E-state index in [2.05, 4.69) is 19.1 Å². The van der Waals surface area contributed by atoms with Gasteiger partial charge in [-0.1, -0.05) is 54.1 Å². The Balaban J connectivity index is 0.00000408. The molecule has 0 saturated carbocycles. The number of carbonyl (C=O) groups is 1. The van der Waals surface area contributed by atoms with Crippen molar-refractivity contribution in [2.45, 2.75) is 26.3 Å². The van der Waals surface area contributed by atoms with Gasteiger partial charge in [-0.3, -0.25) is 4.90 Å². The number of hydrogen-bond donors (Lipinski definition) is 1. The van der Waals surface area contributed by atoms with Gasteiger partial charge >= 0.3 is 6.03 Å². The van der Waals surface area contributed by atoms with Crippen LogP contribution in [-0.2, 0) is 13.0 Å². The van der Waals surface area contributed by atoms with Crippen LogP contribution in [0.4, 0.5) is 14.9 Å². The van der Waals surface area contributed by atoms with E-state index in [0.29, 0.717) is 6.54 Å². The van der Waals surface area contributed by atoms with Gasteiger partial charge in [-0.2, -0.15) is 0 Å². The summed E-state index contributed by atoms with van der Waals surface area (Å²) >= 11 is 6.04. The van der Waals surface area contributed by atoms with Gasteiger partial charge in [0, 0.05) is 35.7 Å². The fourth-order valence-corrected chi connectivity index (χ4v) is 4.40. The highest BCUT2D eigenvalue weighted by Crippen LogP contribution is 2.20. The minimum Gasteiger partial charge on any atom is -1.00 e. The van der Waals surface area contributed by atoms with Crippen molar-refractivity contribution < 1.29 is 37.6 Å². The third-order valence-corrected chi connectivity index (χ3v) is 6.47. The summed E-state index contributed by atoms with van der Waals surface area (Å²) in [4.78, 5) is 13.7. The number of nitrogens with two attached hydrogens (primary N) is 1. The summed E-state index contributed by atoms with van der Waals surface area (Å²) in [6.45, 7) is 6.07. The van der Waals surface area contributed by atoms with Gasteiger partial charge in [0.25, 0.3) is 0 Å². The Morgan fingerprint density at radius 3 is 2.29 bits per heavy atom. The second-order valence-corrected chi connectivity index (χ2v) is 8.88. The van der Waals surface area contributed by atoms with E-state index in [1.807, 2.05) is 48.5 Å². The van der Waals surface area contributed by atoms with E-state index < -0.39 is 6.03 Å². The zero-order chi connectivity index (χ0) is 23.7. The molecule has 3 rings (SSSR count). The molecule has 0 aliphatic carbocycles. The average Bonchev–Trinajstić information content (AvgIpc) is 2.81. The highest BCUT2D eigenvalue weighted by molar-refractivity contribution is 6.30. The Kier molecular flexibility index (Phi) is 11.3. The van der Waals surface area contributed by atoms with Gasteiger partial charge < -0.3 is 34.2 Å². The number of quaternary nitrogens is 1. The van der Waals surface area contributed by atoms with E-state index in [0.717, 1.165) is 59.8 Å². The van der Waals surface area contributed by atoms with Crippen molar-refractivity contribution in [1.82, 2.24) is 0 Å². The molecule has 0 saturated heterocycles. The van der Waals surface area contributed by atoms with Gasteiger partial charge in [0.2, 0.25) is 0 Å². The molecule has 0 aliphatic rings. The molecule has 1 atom stereocenters. The second kappa shape index (κ2) is 13.7. The molecule has 0 heterocycles. The number of hydrogen-bond acceptors (Lipinski definition) is 1. The summed E-state index contributed by atoms with van der Waals surface area (Å²) in [5.41, 5.74) is 8.66. The first-order valence-electron chi connectivity index (χ1n) is 11.4. The van der Waals surface area contributed by atoms with Crippen molar-refractivity contribution >= 4 is 23.3 Å². The minimum absolute atomic E-state index is 0. The van der Waals surface area contributed by atoms with Crippen LogP contribution in [0.5, 0.6) is 0 Å². The van der Waals surface area contributed by atoms with E-state index in [9.17, 15) is 9.18 Å². The highest BCUT2D eigenvalue weighted by Gasteiger charge is 2.26. The van der Waals surface area contributed by atoms with E-state index >= 15 is 0 Å². The van der Waals surface area contributed by atoms with Gasteiger partial charge in [0.15, 0.2) is 0 Å². The molecule has 2 N–H and O–H groups in total. The third-order valence-electron chi connectivity index (χ3n) is 6.21. The predicted molar refractivity (Wildman–Crippen MR) is 134 cm³/mol. The zero-order valence-electron chi connectivity index (χ0n) is 19.5. The fraction of sp³-hybridized carbons (Fsp3) is 0.296. The lowest BCUT2D eigenvalue weighted by atomic mass is 10.1. The van der Waals surface area contributed by atoms with Crippen molar-refractivity contribution in [3.05, 3.63) is 101 Å². The van der Waals surface area contributed by atoms with Crippen LogP contribution in [0.1, 0.15) is 24.5 Å². The predicted octanol–water partition coefficient (Wildman–Crippen LogP) is 3.04. The smallest absolute Gasteiger partial charge is 0.319 e. The molecule has 34 heavy (non-hydrogen) atoms. The second-order valence-electron chi connectivity index (χ2n) is 8.45. The summed E-state index contributed by atoms with van der Waals surface area (Å²) in [6.07, 6.45) is 1.67. The normalized spacial score (nSPS) is 12.4. The molecule has 3 aromatic rings. The molecular formula is C27H32ClFIN3O. The maximum Gasteiger partial charge on any atom is 0.319 e. The summed E-state index contributed by atoms with van der Waals surface area (Å²) in [5.74, 6) is -0.219. The van der Waals surface area contributed by atoms with Crippen molar-refractivity contribution in [2.75, 3.05) is 31.1 Å². The standard InChI is InChI=1S/C27H31ClFN3O.HI/c1-2-32(21-23-8-6-9-25(29)20-23,19-16-22-12-14-24(28)15-13-22)18-7-17-31(27(30)33)26-10-4-3-5-11-26;/h3-6,8-15,20H,2,7,16-19,21H2,1H3,(H-,30,33);1H. The molecule has 7 heteroatoms. The lowest BCUT2D eigenvalue weighted by molar-refractivity contribution is -0.939. The van der Waals surface area contributed by atoms with Crippen LogP contribution in [0, 0.1) is 5.82 Å². The molecule has 0 radical (unpaired) electrons. The first kappa shape index (κ1) is 28.1. The van der Waals surface area contributed by atoms with Gasteiger partial charge in [-0.15, -0.1) is 0 Å². The molecule has 4 nitrogen and oxygen atoms in total. The molecule has 0 spiro atoms. The fourth-order valence-electron chi connectivity index (χ4n) is 4.28. The number of rotatable bonds is 11. The Bertz CT molecular complexity index is 1040. The van der Waals surface area contributed by atoms with Crippen molar-refractivity contribution in [3.63, 3.8) is 0 Å². The number of benzene rings is 3. The topological polar surface area (TPSA) is 46.3 Å². The Morgan fingerprint density at radius 2 is 1.68 bits per heavy atom. The quantitative estimate of drug-likeness (QED) is 0.269. The maximum absolute atomic E-state index is 13.9. The number of urea groups is 1. The van der Waals surface area contributed by atoms with Crippen LogP contribution in [-0.4, -0.2) is 36.7 Å². The molecular weight excluding hydrogens is 564 g/mol. The molecule has 1 unspecified atom stereocenters. The largest absolute Gasteiger partial charge is 1.00 e. The van der Waals surface area contributed by atoms with Gasteiger partial charge in [-0.05, 0) is 48.9 Å². The molecule has 182 valence electrons. The van der Waals surface area contributed by atoms with Crippen LogP contribution in [0.25, 0.3) is 0 Å².